The van der Waals surface area contributed by atoms with Crippen LogP contribution in [0.5, 0.6) is 5.75 Å². The monoisotopic (exact) mass is 413 g/mol. The molecule has 0 aliphatic carbocycles. The van der Waals surface area contributed by atoms with Crippen molar-refractivity contribution in [2.45, 2.75) is 19.3 Å². The van der Waals surface area contributed by atoms with Gasteiger partial charge in [-0.2, -0.15) is 0 Å². The van der Waals surface area contributed by atoms with E-state index in [1.54, 1.807) is 47.4 Å². The minimum absolute atomic E-state index is 0.0400. The molecule has 0 radical (unpaired) electrons. The molecule has 7 heteroatoms. The molecule has 2 aliphatic rings. The summed E-state index contributed by atoms with van der Waals surface area (Å²) in [5, 5.41) is 3.26. The molecule has 0 bridgehead atoms. The molecule has 0 spiro atoms. The molecular formula is C22H24ClN3O3. The Morgan fingerprint density at radius 3 is 2.66 bits per heavy atom. The van der Waals surface area contributed by atoms with Crippen LogP contribution < -0.4 is 15.0 Å². The molecule has 2 amide bonds. The Morgan fingerprint density at radius 2 is 1.86 bits per heavy atom. The zero-order chi connectivity index (χ0) is 20.2. The molecule has 6 nitrogen and oxygen atoms in total. The van der Waals surface area contributed by atoms with Crippen molar-refractivity contribution in [2.75, 3.05) is 43.0 Å². The Kier molecular flexibility index (Phi) is 6.02. The highest BCUT2D eigenvalue weighted by atomic mass is 35.5. The van der Waals surface area contributed by atoms with Gasteiger partial charge in [-0.3, -0.25) is 9.59 Å². The number of fused-ring (bicyclic) bond motifs is 1. The Morgan fingerprint density at radius 1 is 1.07 bits per heavy atom. The van der Waals surface area contributed by atoms with Gasteiger partial charge in [0, 0.05) is 18.8 Å². The van der Waals surface area contributed by atoms with Crippen LogP contribution >= 0.6 is 11.6 Å². The van der Waals surface area contributed by atoms with Crippen molar-refractivity contribution in [3.8, 4) is 5.75 Å². The van der Waals surface area contributed by atoms with Gasteiger partial charge in [0.05, 0.1) is 16.3 Å². The molecule has 0 aromatic heterocycles. The number of hydrogen-bond donors (Lipinski definition) is 1. The molecule has 152 valence electrons. The van der Waals surface area contributed by atoms with E-state index in [0.29, 0.717) is 34.3 Å². The van der Waals surface area contributed by atoms with E-state index >= 15 is 0 Å². The van der Waals surface area contributed by atoms with E-state index in [2.05, 4.69) is 10.2 Å². The number of hydrogen-bond acceptors (Lipinski definition) is 4. The van der Waals surface area contributed by atoms with Crippen LogP contribution in [0.4, 0.5) is 11.4 Å². The van der Waals surface area contributed by atoms with E-state index < -0.39 is 0 Å². The molecule has 29 heavy (non-hydrogen) atoms. The maximum Gasteiger partial charge on any atom is 0.265 e. The van der Waals surface area contributed by atoms with Gasteiger partial charge in [-0.05, 0) is 56.3 Å². The fraction of sp³-hybridized carbons (Fsp3) is 0.364. The van der Waals surface area contributed by atoms with Crippen LogP contribution in [-0.4, -0.2) is 49.5 Å². The summed E-state index contributed by atoms with van der Waals surface area (Å²) in [6.45, 7) is 3.65. The number of nitrogens with zero attached hydrogens (tertiary/aromatic N) is 2. The van der Waals surface area contributed by atoms with Crippen molar-refractivity contribution < 1.29 is 14.3 Å². The Balaban J connectivity index is 1.50. The predicted octanol–water partition coefficient (Wildman–Crippen LogP) is 3.80. The second-order valence-electron chi connectivity index (χ2n) is 7.35. The van der Waals surface area contributed by atoms with Crippen LogP contribution in [0.2, 0.25) is 5.02 Å². The fourth-order valence-corrected chi connectivity index (χ4v) is 4.01. The zero-order valence-electron chi connectivity index (χ0n) is 16.2. The SMILES string of the molecule is O=C(Nc1ccc2c(c1)N(CCN1CCCCC1)C(=O)CO2)c1ccccc1Cl. The number of nitrogens with one attached hydrogen (secondary N) is 1. The number of carbonyl (C=O) groups is 2. The normalized spacial score (nSPS) is 16.9. The highest BCUT2D eigenvalue weighted by Crippen LogP contribution is 2.35. The lowest BCUT2D eigenvalue weighted by Crippen LogP contribution is -2.44. The van der Waals surface area contributed by atoms with Crippen molar-refractivity contribution in [3.05, 3.63) is 53.1 Å². The molecule has 4 rings (SSSR count). The average molecular weight is 414 g/mol. The van der Waals surface area contributed by atoms with E-state index in [1.165, 1.54) is 19.3 Å². The molecule has 0 saturated carbocycles. The third-order valence-corrected chi connectivity index (χ3v) is 5.70. The number of ether oxygens (including phenoxy) is 1. The molecule has 1 saturated heterocycles. The summed E-state index contributed by atoms with van der Waals surface area (Å²) in [4.78, 5) is 29.2. The topological polar surface area (TPSA) is 61.9 Å². The van der Waals surface area contributed by atoms with Crippen LogP contribution in [0, 0.1) is 0 Å². The number of benzene rings is 2. The summed E-state index contributed by atoms with van der Waals surface area (Å²) in [7, 11) is 0. The van der Waals surface area contributed by atoms with Gasteiger partial charge in [-0.25, -0.2) is 0 Å². The van der Waals surface area contributed by atoms with E-state index in [-0.39, 0.29) is 18.4 Å². The first-order valence-electron chi connectivity index (χ1n) is 9.97. The van der Waals surface area contributed by atoms with Crippen molar-refractivity contribution >= 4 is 34.8 Å². The van der Waals surface area contributed by atoms with Gasteiger partial charge in [0.15, 0.2) is 6.61 Å². The van der Waals surface area contributed by atoms with Crippen molar-refractivity contribution in [1.82, 2.24) is 4.90 Å². The lowest BCUT2D eigenvalue weighted by molar-refractivity contribution is -0.121. The third kappa shape index (κ3) is 4.54. The highest BCUT2D eigenvalue weighted by Gasteiger charge is 2.26. The Bertz CT molecular complexity index is 912. The number of rotatable bonds is 5. The van der Waals surface area contributed by atoms with Crippen LogP contribution in [0.3, 0.4) is 0 Å². The number of halogens is 1. The first kappa shape index (κ1) is 19.7. The van der Waals surface area contributed by atoms with Gasteiger partial charge < -0.3 is 19.9 Å². The van der Waals surface area contributed by atoms with E-state index in [1.807, 2.05) is 0 Å². The summed E-state index contributed by atoms with van der Waals surface area (Å²) < 4.78 is 5.58. The average Bonchev–Trinajstić information content (AvgIpc) is 2.74. The molecule has 2 aromatic rings. The van der Waals surface area contributed by atoms with Gasteiger partial charge in [0.1, 0.15) is 5.75 Å². The minimum Gasteiger partial charge on any atom is -0.482 e. The number of likely N-dealkylation sites (tertiary alicyclic amines) is 1. The maximum absolute atomic E-state index is 12.6. The molecule has 1 fully saturated rings. The van der Waals surface area contributed by atoms with E-state index in [9.17, 15) is 9.59 Å². The van der Waals surface area contributed by atoms with Crippen molar-refractivity contribution in [1.29, 1.82) is 0 Å². The minimum atomic E-state index is -0.293. The number of anilines is 2. The van der Waals surface area contributed by atoms with Gasteiger partial charge in [-0.15, -0.1) is 0 Å². The largest absolute Gasteiger partial charge is 0.482 e. The lowest BCUT2D eigenvalue weighted by Gasteiger charge is -2.33. The second kappa shape index (κ2) is 8.84. The highest BCUT2D eigenvalue weighted by molar-refractivity contribution is 6.34. The number of amides is 2. The standard InChI is InChI=1S/C22H24ClN3O3/c23-18-7-3-2-6-17(18)22(28)24-16-8-9-20-19(14-16)26(21(27)15-29-20)13-12-25-10-4-1-5-11-25/h2-3,6-9,14H,1,4-5,10-13,15H2,(H,24,28). The quantitative estimate of drug-likeness (QED) is 0.809. The molecule has 1 N–H and O–H groups in total. The second-order valence-corrected chi connectivity index (χ2v) is 7.76. The first-order chi connectivity index (χ1) is 14.1. The summed E-state index contributed by atoms with van der Waals surface area (Å²) in [5.41, 5.74) is 1.69. The van der Waals surface area contributed by atoms with Crippen LogP contribution in [-0.2, 0) is 4.79 Å². The third-order valence-electron chi connectivity index (χ3n) is 5.37. The van der Waals surface area contributed by atoms with Gasteiger partial charge in [0.2, 0.25) is 0 Å². The predicted molar refractivity (Wildman–Crippen MR) is 114 cm³/mol. The van der Waals surface area contributed by atoms with Gasteiger partial charge >= 0.3 is 0 Å². The lowest BCUT2D eigenvalue weighted by atomic mass is 10.1. The van der Waals surface area contributed by atoms with E-state index in [0.717, 1.165) is 19.6 Å². The Hall–Kier alpha value is -2.57. The molecule has 2 aromatic carbocycles. The maximum atomic E-state index is 12.6. The fourth-order valence-electron chi connectivity index (χ4n) is 3.79. The van der Waals surface area contributed by atoms with Crippen molar-refractivity contribution in [2.24, 2.45) is 0 Å². The van der Waals surface area contributed by atoms with Crippen LogP contribution in [0.15, 0.2) is 42.5 Å². The first-order valence-corrected chi connectivity index (χ1v) is 10.3. The van der Waals surface area contributed by atoms with Crippen LogP contribution in [0.25, 0.3) is 0 Å². The van der Waals surface area contributed by atoms with Crippen molar-refractivity contribution in [3.63, 3.8) is 0 Å². The number of piperidine rings is 1. The zero-order valence-corrected chi connectivity index (χ0v) is 17.0. The van der Waals surface area contributed by atoms with Gasteiger partial charge in [0.25, 0.3) is 11.8 Å². The summed E-state index contributed by atoms with van der Waals surface area (Å²) in [6, 6.07) is 12.2. The Labute approximate surface area is 175 Å². The molecular weight excluding hydrogens is 390 g/mol. The number of carbonyl (C=O) groups excluding carboxylic acids is 2. The smallest absolute Gasteiger partial charge is 0.265 e. The summed E-state index contributed by atoms with van der Waals surface area (Å²) >= 11 is 6.12. The molecule has 0 atom stereocenters. The van der Waals surface area contributed by atoms with E-state index in [4.69, 9.17) is 16.3 Å². The molecule has 2 aliphatic heterocycles. The molecule has 2 heterocycles. The molecule has 0 unspecified atom stereocenters. The van der Waals surface area contributed by atoms with Crippen LogP contribution in [0.1, 0.15) is 29.6 Å². The van der Waals surface area contributed by atoms with Gasteiger partial charge in [-0.1, -0.05) is 30.2 Å². The summed E-state index contributed by atoms with van der Waals surface area (Å²) in [5.74, 6) is 0.293. The summed E-state index contributed by atoms with van der Waals surface area (Å²) in [6.07, 6.45) is 3.71.